The zero-order chi connectivity index (χ0) is 23.0. The standard InChI is InChI=1S/C23H32N6O3/c1-6-28(22(31)32-23(2,3)4)20-11-19-18(13-24-20)21(15-12-25-27(5)14-15)26-29(19)16-7-9-17(30)10-8-16/h11-14,16-17,30H,6-10H2,1-5H3/t16-,17-. The Labute approximate surface area is 188 Å². The highest BCUT2D eigenvalue weighted by atomic mass is 16.6. The summed E-state index contributed by atoms with van der Waals surface area (Å²) in [7, 11) is 1.88. The molecule has 9 heteroatoms. The third-order valence-electron chi connectivity index (χ3n) is 5.77. The van der Waals surface area contributed by atoms with Crippen molar-refractivity contribution in [1.29, 1.82) is 0 Å². The van der Waals surface area contributed by atoms with Crippen LogP contribution in [0, 0.1) is 0 Å². The van der Waals surface area contributed by atoms with Gasteiger partial charge in [0.25, 0.3) is 0 Å². The maximum Gasteiger partial charge on any atom is 0.415 e. The fraction of sp³-hybridized carbons (Fsp3) is 0.565. The number of pyridine rings is 1. The number of aryl methyl sites for hydroxylation is 1. The summed E-state index contributed by atoms with van der Waals surface area (Å²) < 4.78 is 9.37. The Morgan fingerprint density at radius 3 is 2.56 bits per heavy atom. The van der Waals surface area contributed by atoms with Crippen molar-refractivity contribution < 1.29 is 14.6 Å². The van der Waals surface area contributed by atoms with Gasteiger partial charge < -0.3 is 9.84 Å². The molecule has 32 heavy (non-hydrogen) atoms. The largest absolute Gasteiger partial charge is 0.443 e. The molecule has 1 N–H and O–H groups in total. The summed E-state index contributed by atoms with van der Waals surface area (Å²) in [6, 6.07) is 2.10. The predicted molar refractivity (Wildman–Crippen MR) is 122 cm³/mol. The van der Waals surface area contributed by atoms with Crippen LogP contribution >= 0.6 is 0 Å². The first-order valence-electron chi connectivity index (χ1n) is 11.2. The Bertz CT molecular complexity index is 1100. The van der Waals surface area contributed by atoms with Crippen molar-refractivity contribution in [2.45, 2.75) is 71.1 Å². The lowest BCUT2D eigenvalue weighted by atomic mass is 9.93. The predicted octanol–water partition coefficient (Wildman–Crippen LogP) is 4.07. The number of aromatic nitrogens is 5. The maximum absolute atomic E-state index is 12.8. The van der Waals surface area contributed by atoms with Gasteiger partial charge >= 0.3 is 6.09 Å². The number of hydrogen-bond donors (Lipinski definition) is 1. The smallest absolute Gasteiger partial charge is 0.415 e. The van der Waals surface area contributed by atoms with Gasteiger partial charge in [-0.3, -0.25) is 14.3 Å². The topological polar surface area (TPSA) is 98.3 Å². The van der Waals surface area contributed by atoms with Gasteiger partial charge in [0.1, 0.15) is 17.1 Å². The van der Waals surface area contributed by atoms with E-state index >= 15 is 0 Å². The molecule has 1 saturated carbocycles. The number of aliphatic hydroxyl groups excluding tert-OH is 1. The molecule has 0 aromatic carbocycles. The van der Waals surface area contributed by atoms with Crippen molar-refractivity contribution in [1.82, 2.24) is 24.5 Å². The molecule has 0 radical (unpaired) electrons. The van der Waals surface area contributed by atoms with E-state index in [1.165, 1.54) is 4.90 Å². The number of amides is 1. The second-order valence-corrected chi connectivity index (χ2v) is 9.44. The van der Waals surface area contributed by atoms with E-state index in [1.54, 1.807) is 17.1 Å². The molecule has 3 aromatic heterocycles. The number of nitrogens with zero attached hydrogens (tertiary/aromatic N) is 6. The average molecular weight is 441 g/mol. The summed E-state index contributed by atoms with van der Waals surface area (Å²) in [6.07, 6.45) is 8.06. The lowest BCUT2D eigenvalue weighted by Gasteiger charge is -2.27. The SMILES string of the molecule is CCN(C(=O)OC(C)(C)C)c1cc2c(cn1)c(-c1cnn(C)c1)nn2[C@H]1CC[C@H](O)CC1. The highest BCUT2D eigenvalue weighted by Crippen LogP contribution is 2.36. The van der Waals surface area contributed by atoms with Crippen LogP contribution in [0.2, 0.25) is 0 Å². The van der Waals surface area contributed by atoms with Gasteiger partial charge in [0.15, 0.2) is 0 Å². The molecule has 172 valence electrons. The van der Waals surface area contributed by atoms with Crippen molar-refractivity contribution in [3.63, 3.8) is 0 Å². The van der Waals surface area contributed by atoms with Gasteiger partial charge in [-0.25, -0.2) is 9.78 Å². The van der Waals surface area contributed by atoms with E-state index in [9.17, 15) is 9.90 Å². The average Bonchev–Trinajstić information content (AvgIpc) is 3.31. The Kier molecular flexibility index (Phi) is 5.94. The summed E-state index contributed by atoms with van der Waals surface area (Å²) in [5.74, 6) is 0.531. The summed E-state index contributed by atoms with van der Waals surface area (Å²) in [5, 5.41) is 20.1. The van der Waals surface area contributed by atoms with Crippen LogP contribution in [0.1, 0.15) is 59.4 Å². The van der Waals surface area contributed by atoms with Crippen LogP contribution < -0.4 is 4.90 Å². The molecular weight excluding hydrogens is 408 g/mol. The molecule has 3 heterocycles. The van der Waals surface area contributed by atoms with Gasteiger partial charge in [-0.15, -0.1) is 0 Å². The third-order valence-corrected chi connectivity index (χ3v) is 5.77. The number of hydrogen-bond acceptors (Lipinski definition) is 6. The minimum atomic E-state index is -0.590. The van der Waals surface area contributed by atoms with Crippen LogP contribution in [0.25, 0.3) is 22.2 Å². The van der Waals surface area contributed by atoms with Gasteiger partial charge in [-0.2, -0.15) is 10.2 Å². The molecule has 4 rings (SSSR count). The minimum Gasteiger partial charge on any atom is -0.443 e. The molecule has 1 amide bonds. The lowest BCUT2D eigenvalue weighted by Crippen LogP contribution is -2.37. The zero-order valence-corrected chi connectivity index (χ0v) is 19.4. The number of carbonyl (C=O) groups excluding carboxylic acids is 1. The number of anilines is 1. The number of carbonyl (C=O) groups is 1. The first kappa shape index (κ1) is 22.3. The fourth-order valence-corrected chi connectivity index (χ4v) is 4.21. The van der Waals surface area contributed by atoms with Gasteiger partial charge in [-0.05, 0) is 53.4 Å². The molecule has 0 spiro atoms. The van der Waals surface area contributed by atoms with Crippen molar-refractivity contribution in [2.75, 3.05) is 11.4 Å². The van der Waals surface area contributed by atoms with Crippen LogP contribution in [0.15, 0.2) is 24.7 Å². The second kappa shape index (κ2) is 8.54. The normalized spacial score (nSPS) is 19.3. The van der Waals surface area contributed by atoms with Gasteiger partial charge in [0.05, 0.1) is 23.9 Å². The van der Waals surface area contributed by atoms with E-state index in [1.807, 2.05) is 51.7 Å². The maximum atomic E-state index is 12.8. The highest BCUT2D eigenvalue weighted by Gasteiger charge is 2.27. The van der Waals surface area contributed by atoms with Crippen LogP contribution in [-0.2, 0) is 11.8 Å². The lowest BCUT2D eigenvalue weighted by molar-refractivity contribution is 0.0581. The van der Waals surface area contributed by atoms with E-state index < -0.39 is 11.7 Å². The number of fused-ring (bicyclic) bond motifs is 1. The zero-order valence-electron chi connectivity index (χ0n) is 19.4. The van der Waals surface area contributed by atoms with E-state index in [-0.39, 0.29) is 12.1 Å². The van der Waals surface area contributed by atoms with E-state index in [4.69, 9.17) is 9.84 Å². The first-order valence-corrected chi connectivity index (χ1v) is 11.2. The monoisotopic (exact) mass is 440 g/mol. The molecule has 1 aliphatic rings. The third kappa shape index (κ3) is 4.48. The van der Waals surface area contributed by atoms with Crippen LogP contribution in [0.5, 0.6) is 0 Å². The van der Waals surface area contributed by atoms with Gasteiger partial charge in [0.2, 0.25) is 0 Å². The number of rotatable bonds is 4. The van der Waals surface area contributed by atoms with E-state index in [2.05, 4.69) is 10.1 Å². The molecule has 3 aromatic rings. The van der Waals surface area contributed by atoms with Crippen LogP contribution in [-0.4, -0.2) is 54.0 Å². The molecule has 0 unspecified atom stereocenters. The summed E-state index contributed by atoms with van der Waals surface area (Å²) >= 11 is 0. The minimum absolute atomic E-state index is 0.179. The van der Waals surface area contributed by atoms with Crippen molar-refractivity contribution >= 4 is 22.8 Å². The molecular formula is C23H32N6O3. The van der Waals surface area contributed by atoms with Crippen molar-refractivity contribution in [2.24, 2.45) is 7.05 Å². The quantitative estimate of drug-likeness (QED) is 0.657. The number of aliphatic hydroxyl groups is 1. The molecule has 0 bridgehead atoms. The first-order chi connectivity index (χ1) is 15.2. The molecule has 0 saturated heterocycles. The molecule has 0 aliphatic heterocycles. The van der Waals surface area contributed by atoms with Crippen LogP contribution in [0.3, 0.4) is 0 Å². The highest BCUT2D eigenvalue weighted by molar-refractivity contribution is 5.96. The molecule has 9 nitrogen and oxygen atoms in total. The van der Waals surface area contributed by atoms with Crippen molar-refractivity contribution in [3.8, 4) is 11.3 Å². The van der Waals surface area contributed by atoms with Gasteiger partial charge in [-0.1, -0.05) is 0 Å². The van der Waals surface area contributed by atoms with Crippen LogP contribution in [0.4, 0.5) is 10.6 Å². The van der Waals surface area contributed by atoms with Gasteiger partial charge in [0, 0.05) is 43.0 Å². The van der Waals surface area contributed by atoms with E-state index in [0.717, 1.165) is 47.8 Å². The Hall–Kier alpha value is -2.94. The summed E-state index contributed by atoms with van der Waals surface area (Å²) in [4.78, 5) is 18.9. The molecule has 1 aliphatic carbocycles. The molecule has 0 atom stereocenters. The van der Waals surface area contributed by atoms with E-state index in [0.29, 0.717) is 12.4 Å². The molecule has 1 fully saturated rings. The Morgan fingerprint density at radius 2 is 1.97 bits per heavy atom. The second-order valence-electron chi connectivity index (χ2n) is 9.44. The fourth-order valence-electron chi connectivity index (χ4n) is 4.21. The summed E-state index contributed by atoms with van der Waals surface area (Å²) in [5.41, 5.74) is 2.06. The van der Waals surface area contributed by atoms with Crippen molar-refractivity contribution in [3.05, 3.63) is 24.7 Å². The Morgan fingerprint density at radius 1 is 1.25 bits per heavy atom. The summed E-state index contributed by atoms with van der Waals surface area (Å²) in [6.45, 7) is 7.88. The number of ether oxygens (including phenoxy) is 1. The Balaban J connectivity index is 1.79.